The molecule has 0 spiro atoms. The molecule has 0 radical (unpaired) electrons. The molecule has 1 amide bonds. The number of hydrogen-bond donors (Lipinski definition) is 1. The van der Waals surface area contributed by atoms with Gasteiger partial charge in [-0.25, -0.2) is 4.98 Å². The first-order valence-electron chi connectivity index (χ1n) is 7.13. The average molecular weight is 261 g/mol. The summed E-state index contributed by atoms with van der Waals surface area (Å²) in [4.78, 5) is 18.5. The summed E-state index contributed by atoms with van der Waals surface area (Å²) in [5, 5.41) is 2.96. The number of amides is 1. The monoisotopic (exact) mass is 261 g/mol. The number of carbonyl (C=O) groups is 1. The van der Waals surface area contributed by atoms with Crippen molar-refractivity contribution in [3.8, 4) is 0 Å². The van der Waals surface area contributed by atoms with Crippen molar-refractivity contribution in [2.24, 2.45) is 0 Å². The lowest BCUT2D eigenvalue weighted by atomic mass is 10.1. The number of nitrogens with zero attached hydrogens (tertiary/aromatic N) is 2. The molecule has 1 saturated carbocycles. The Morgan fingerprint density at radius 2 is 1.95 bits per heavy atom. The Bertz CT molecular complexity index is 408. The maximum absolute atomic E-state index is 12.4. The maximum atomic E-state index is 12.4. The predicted octanol–water partition coefficient (Wildman–Crippen LogP) is 2.92. The lowest BCUT2D eigenvalue weighted by Gasteiger charge is -2.27. The quantitative estimate of drug-likeness (QED) is 0.851. The van der Waals surface area contributed by atoms with Crippen LogP contribution in [-0.4, -0.2) is 35.9 Å². The van der Waals surface area contributed by atoms with Gasteiger partial charge in [0.25, 0.3) is 5.91 Å². The zero-order chi connectivity index (χ0) is 13.7. The molecule has 0 unspecified atom stereocenters. The molecule has 4 nitrogen and oxygen atoms in total. The molecule has 1 aliphatic rings. The Morgan fingerprint density at radius 1 is 1.26 bits per heavy atom. The number of nitrogens with one attached hydrogen (secondary N) is 1. The maximum Gasteiger partial charge on any atom is 0.255 e. The summed E-state index contributed by atoms with van der Waals surface area (Å²) in [5.41, 5.74) is 0.672. The highest BCUT2D eigenvalue weighted by molar-refractivity contribution is 5.94. The highest BCUT2D eigenvalue weighted by Gasteiger charge is 2.22. The van der Waals surface area contributed by atoms with E-state index in [1.807, 2.05) is 31.1 Å². The molecule has 4 heteroatoms. The van der Waals surface area contributed by atoms with Gasteiger partial charge in [0.05, 0.1) is 5.56 Å². The molecule has 0 saturated heterocycles. The minimum atomic E-state index is 0.0852. The van der Waals surface area contributed by atoms with Gasteiger partial charge in [0.2, 0.25) is 0 Å². The molecular weight excluding hydrogens is 238 g/mol. The first-order valence-corrected chi connectivity index (χ1v) is 7.13. The van der Waals surface area contributed by atoms with E-state index >= 15 is 0 Å². The van der Waals surface area contributed by atoms with E-state index in [4.69, 9.17) is 0 Å². The van der Waals surface area contributed by atoms with Gasteiger partial charge in [-0.15, -0.1) is 0 Å². The Morgan fingerprint density at radius 3 is 2.47 bits per heavy atom. The van der Waals surface area contributed by atoms with E-state index in [1.54, 1.807) is 6.20 Å². The fraction of sp³-hybridized carbons (Fsp3) is 0.600. The fourth-order valence-electron chi connectivity index (χ4n) is 2.68. The van der Waals surface area contributed by atoms with Crippen molar-refractivity contribution in [3.63, 3.8) is 0 Å². The van der Waals surface area contributed by atoms with Crippen LogP contribution in [0.5, 0.6) is 0 Å². The summed E-state index contributed by atoms with van der Waals surface area (Å²) in [6.45, 7) is 0. The molecule has 0 aromatic carbocycles. The van der Waals surface area contributed by atoms with E-state index in [2.05, 4.69) is 10.3 Å². The van der Waals surface area contributed by atoms with Crippen LogP contribution in [0, 0.1) is 0 Å². The molecule has 1 N–H and O–H groups in total. The third-order valence-electron chi connectivity index (χ3n) is 3.96. The van der Waals surface area contributed by atoms with Crippen LogP contribution in [0.3, 0.4) is 0 Å². The van der Waals surface area contributed by atoms with Crippen molar-refractivity contribution in [1.82, 2.24) is 9.88 Å². The number of pyridine rings is 1. The van der Waals surface area contributed by atoms with Crippen molar-refractivity contribution < 1.29 is 4.79 Å². The van der Waals surface area contributed by atoms with Crippen molar-refractivity contribution in [2.75, 3.05) is 19.4 Å². The molecule has 1 aromatic rings. The summed E-state index contributed by atoms with van der Waals surface area (Å²) >= 11 is 0. The van der Waals surface area contributed by atoms with Gasteiger partial charge in [0, 0.05) is 26.3 Å². The van der Waals surface area contributed by atoms with Crippen molar-refractivity contribution in [3.05, 3.63) is 23.9 Å². The standard InChI is InChI=1S/C15H23N3O/c1-16-14-10-9-12(11-17-14)15(19)18(2)13-7-5-3-4-6-8-13/h9-11,13H,3-8H2,1-2H3,(H,16,17). The molecule has 0 bridgehead atoms. The number of hydrogen-bond acceptors (Lipinski definition) is 3. The van der Waals surface area contributed by atoms with Crippen molar-refractivity contribution in [1.29, 1.82) is 0 Å². The molecule has 2 rings (SSSR count). The smallest absolute Gasteiger partial charge is 0.255 e. The van der Waals surface area contributed by atoms with Crippen LogP contribution in [0.15, 0.2) is 18.3 Å². The molecule has 104 valence electrons. The minimum Gasteiger partial charge on any atom is -0.373 e. The lowest BCUT2D eigenvalue weighted by Crippen LogP contribution is -2.36. The highest BCUT2D eigenvalue weighted by atomic mass is 16.2. The number of rotatable bonds is 3. The zero-order valence-corrected chi connectivity index (χ0v) is 11.9. The highest BCUT2D eigenvalue weighted by Crippen LogP contribution is 2.22. The van der Waals surface area contributed by atoms with E-state index < -0.39 is 0 Å². The second-order valence-corrected chi connectivity index (χ2v) is 5.24. The molecule has 1 heterocycles. The van der Waals surface area contributed by atoms with Gasteiger partial charge >= 0.3 is 0 Å². The predicted molar refractivity (Wildman–Crippen MR) is 77.4 cm³/mol. The lowest BCUT2D eigenvalue weighted by molar-refractivity contribution is 0.0717. The van der Waals surface area contributed by atoms with Crippen LogP contribution in [0.1, 0.15) is 48.9 Å². The van der Waals surface area contributed by atoms with Crippen LogP contribution in [0.2, 0.25) is 0 Å². The molecule has 1 fully saturated rings. The first kappa shape index (κ1) is 13.8. The van der Waals surface area contributed by atoms with E-state index in [0.29, 0.717) is 11.6 Å². The number of carbonyl (C=O) groups excluding carboxylic acids is 1. The van der Waals surface area contributed by atoms with Crippen LogP contribution in [0.25, 0.3) is 0 Å². The summed E-state index contributed by atoms with van der Waals surface area (Å²) < 4.78 is 0. The third-order valence-corrected chi connectivity index (χ3v) is 3.96. The van der Waals surface area contributed by atoms with Gasteiger partial charge in [0.15, 0.2) is 0 Å². The Balaban J connectivity index is 2.04. The molecule has 0 atom stereocenters. The first-order chi connectivity index (χ1) is 9.22. The summed E-state index contributed by atoms with van der Waals surface area (Å²) in [5.74, 6) is 0.871. The van der Waals surface area contributed by atoms with Gasteiger partial charge in [-0.1, -0.05) is 25.7 Å². The van der Waals surface area contributed by atoms with E-state index in [-0.39, 0.29) is 5.91 Å². The molecule has 19 heavy (non-hydrogen) atoms. The normalized spacial score (nSPS) is 16.7. The minimum absolute atomic E-state index is 0.0852. The Kier molecular flexibility index (Phi) is 4.77. The molecule has 1 aliphatic carbocycles. The Labute approximate surface area is 115 Å². The summed E-state index contributed by atoms with van der Waals surface area (Å²) in [7, 11) is 3.74. The summed E-state index contributed by atoms with van der Waals surface area (Å²) in [6, 6.07) is 4.07. The van der Waals surface area contributed by atoms with Gasteiger partial charge in [0.1, 0.15) is 5.82 Å². The van der Waals surface area contributed by atoms with Crippen LogP contribution >= 0.6 is 0 Å². The van der Waals surface area contributed by atoms with Crippen LogP contribution < -0.4 is 5.32 Å². The van der Waals surface area contributed by atoms with Crippen LogP contribution in [-0.2, 0) is 0 Å². The van der Waals surface area contributed by atoms with Gasteiger partial charge in [-0.2, -0.15) is 0 Å². The summed E-state index contributed by atoms with van der Waals surface area (Å²) in [6.07, 6.45) is 8.99. The third kappa shape index (κ3) is 3.46. The topological polar surface area (TPSA) is 45.2 Å². The van der Waals surface area contributed by atoms with Gasteiger partial charge in [-0.3, -0.25) is 4.79 Å². The van der Waals surface area contributed by atoms with Gasteiger partial charge < -0.3 is 10.2 Å². The second kappa shape index (κ2) is 6.55. The van der Waals surface area contributed by atoms with E-state index in [0.717, 1.165) is 18.7 Å². The van der Waals surface area contributed by atoms with Crippen molar-refractivity contribution >= 4 is 11.7 Å². The van der Waals surface area contributed by atoms with Crippen LogP contribution in [0.4, 0.5) is 5.82 Å². The second-order valence-electron chi connectivity index (χ2n) is 5.24. The molecule has 0 aliphatic heterocycles. The van der Waals surface area contributed by atoms with E-state index in [1.165, 1.54) is 25.7 Å². The number of anilines is 1. The van der Waals surface area contributed by atoms with Crippen molar-refractivity contribution in [2.45, 2.75) is 44.6 Å². The zero-order valence-electron chi connectivity index (χ0n) is 11.9. The average Bonchev–Trinajstić information content (AvgIpc) is 2.75. The molecular formula is C15H23N3O. The van der Waals surface area contributed by atoms with Gasteiger partial charge in [-0.05, 0) is 25.0 Å². The molecule has 1 aromatic heterocycles. The number of aromatic nitrogens is 1. The largest absolute Gasteiger partial charge is 0.373 e. The SMILES string of the molecule is CNc1ccc(C(=O)N(C)C2CCCCCC2)cn1. The fourth-order valence-corrected chi connectivity index (χ4v) is 2.68. The Hall–Kier alpha value is -1.58. The van der Waals surface area contributed by atoms with E-state index in [9.17, 15) is 4.79 Å².